The predicted molar refractivity (Wildman–Crippen MR) is 103 cm³/mol. The van der Waals surface area contributed by atoms with Crippen LogP contribution in [0.1, 0.15) is 5.56 Å². The van der Waals surface area contributed by atoms with Crippen molar-refractivity contribution in [2.24, 2.45) is 5.73 Å². The molecule has 2 aromatic rings. The minimum Gasteiger partial charge on any atom is -0.483 e. The van der Waals surface area contributed by atoms with Crippen LogP contribution >= 0.6 is 24.0 Å². The summed E-state index contributed by atoms with van der Waals surface area (Å²) in [5.41, 5.74) is 6.07. The second-order valence-electron chi connectivity index (χ2n) is 5.29. The largest absolute Gasteiger partial charge is 0.483 e. The van der Waals surface area contributed by atoms with E-state index >= 15 is 0 Å². The van der Waals surface area contributed by atoms with E-state index < -0.39 is 11.7 Å². The monoisotopic (exact) mass is 388 g/mol. The molecule has 3 rings (SSSR count). The summed E-state index contributed by atoms with van der Waals surface area (Å²) in [6.45, 7) is -0.269. The Morgan fingerprint density at radius 1 is 1.27 bits per heavy atom. The Balaban J connectivity index is 1.90. The van der Waals surface area contributed by atoms with Gasteiger partial charge in [0.1, 0.15) is 11.6 Å². The van der Waals surface area contributed by atoms with E-state index in [1.54, 1.807) is 36.4 Å². The van der Waals surface area contributed by atoms with Crippen molar-refractivity contribution >= 4 is 51.9 Å². The molecular weight excluding hydrogens is 375 g/mol. The summed E-state index contributed by atoms with van der Waals surface area (Å²) in [6, 6.07) is 12.6. The molecule has 1 saturated heterocycles. The van der Waals surface area contributed by atoms with Gasteiger partial charge in [-0.1, -0.05) is 48.2 Å². The van der Waals surface area contributed by atoms with E-state index in [2.05, 4.69) is 0 Å². The van der Waals surface area contributed by atoms with Gasteiger partial charge >= 0.3 is 0 Å². The van der Waals surface area contributed by atoms with Crippen LogP contribution in [-0.4, -0.2) is 22.7 Å². The standard InChI is InChI=1S/C18H13FN2O3S2/c19-12-5-3-6-13(9-12)21-17(23)15(26-18(21)25)8-11-4-1-2-7-14(11)24-10-16(20)22/h1-9H,10H2,(H2,20,22)/b15-8-. The maximum atomic E-state index is 13.5. The van der Waals surface area contributed by atoms with Crippen molar-refractivity contribution in [1.82, 2.24) is 0 Å². The molecule has 0 saturated carbocycles. The second-order valence-corrected chi connectivity index (χ2v) is 6.97. The Morgan fingerprint density at radius 3 is 2.77 bits per heavy atom. The zero-order valence-corrected chi connectivity index (χ0v) is 15.0. The summed E-state index contributed by atoms with van der Waals surface area (Å²) < 4.78 is 19.1. The van der Waals surface area contributed by atoms with Gasteiger partial charge in [0.05, 0.1) is 10.6 Å². The number of halogens is 1. The molecule has 1 aliphatic heterocycles. The summed E-state index contributed by atoms with van der Waals surface area (Å²) in [5.74, 6) is -0.986. The first-order valence-corrected chi connectivity index (χ1v) is 8.72. The highest BCUT2D eigenvalue weighted by atomic mass is 32.2. The summed E-state index contributed by atoms with van der Waals surface area (Å²) in [7, 11) is 0. The molecule has 1 heterocycles. The fourth-order valence-corrected chi connectivity index (χ4v) is 3.62. The molecule has 0 unspecified atom stereocenters. The molecule has 1 aliphatic rings. The summed E-state index contributed by atoms with van der Waals surface area (Å²) >= 11 is 6.38. The zero-order chi connectivity index (χ0) is 18.7. The van der Waals surface area contributed by atoms with Gasteiger partial charge in [-0.3, -0.25) is 14.5 Å². The Morgan fingerprint density at radius 2 is 2.04 bits per heavy atom. The lowest BCUT2D eigenvalue weighted by atomic mass is 10.2. The predicted octanol–water partition coefficient (Wildman–Crippen LogP) is 3.10. The first-order chi connectivity index (χ1) is 12.5. The highest BCUT2D eigenvalue weighted by Gasteiger charge is 2.33. The van der Waals surface area contributed by atoms with E-state index in [0.29, 0.717) is 26.2 Å². The highest BCUT2D eigenvalue weighted by Crippen LogP contribution is 2.37. The molecule has 2 aromatic carbocycles. The number of anilines is 1. The Hall–Kier alpha value is -2.71. The lowest BCUT2D eigenvalue weighted by Gasteiger charge is -2.14. The van der Waals surface area contributed by atoms with Gasteiger partial charge in [0.25, 0.3) is 11.8 Å². The number of carbonyl (C=O) groups is 2. The number of nitrogens with two attached hydrogens (primary N) is 1. The number of carbonyl (C=O) groups excluding carboxylic acids is 2. The first kappa shape index (κ1) is 18.1. The highest BCUT2D eigenvalue weighted by molar-refractivity contribution is 8.27. The number of benzene rings is 2. The smallest absolute Gasteiger partial charge is 0.270 e. The molecule has 1 fully saturated rings. The van der Waals surface area contributed by atoms with Crippen molar-refractivity contribution in [2.45, 2.75) is 0 Å². The molecule has 8 heteroatoms. The summed E-state index contributed by atoms with van der Waals surface area (Å²) in [4.78, 5) is 25.3. The maximum Gasteiger partial charge on any atom is 0.270 e. The lowest BCUT2D eigenvalue weighted by molar-refractivity contribution is -0.120. The SMILES string of the molecule is NC(=O)COc1ccccc1/C=C1\SC(=S)N(c2cccc(F)c2)C1=O. The maximum absolute atomic E-state index is 13.5. The van der Waals surface area contributed by atoms with E-state index in [4.69, 9.17) is 22.7 Å². The molecular formula is C18H13FN2O3S2. The Bertz CT molecular complexity index is 930. The van der Waals surface area contributed by atoms with E-state index in [9.17, 15) is 14.0 Å². The molecule has 132 valence electrons. The third-order valence-electron chi connectivity index (χ3n) is 3.44. The second kappa shape index (κ2) is 7.67. The minimum absolute atomic E-state index is 0.269. The lowest BCUT2D eigenvalue weighted by Crippen LogP contribution is -2.27. The number of hydrogen-bond acceptors (Lipinski definition) is 5. The van der Waals surface area contributed by atoms with Gasteiger partial charge in [0.2, 0.25) is 0 Å². The minimum atomic E-state index is -0.600. The number of rotatable bonds is 5. The number of hydrogen-bond donors (Lipinski definition) is 1. The van der Waals surface area contributed by atoms with Crippen LogP contribution in [0, 0.1) is 5.82 Å². The van der Waals surface area contributed by atoms with Crippen molar-refractivity contribution in [2.75, 3.05) is 11.5 Å². The van der Waals surface area contributed by atoms with Crippen LogP contribution in [0.2, 0.25) is 0 Å². The van der Waals surface area contributed by atoms with Crippen molar-refractivity contribution in [1.29, 1.82) is 0 Å². The number of para-hydroxylation sites is 1. The number of thioether (sulfide) groups is 1. The molecule has 0 aliphatic carbocycles. The molecule has 5 nitrogen and oxygen atoms in total. The quantitative estimate of drug-likeness (QED) is 0.629. The van der Waals surface area contributed by atoms with E-state index in [-0.39, 0.29) is 12.5 Å². The number of ether oxygens (including phenoxy) is 1. The van der Waals surface area contributed by atoms with Crippen LogP contribution in [0.3, 0.4) is 0 Å². The van der Waals surface area contributed by atoms with Crippen LogP contribution < -0.4 is 15.4 Å². The molecule has 0 spiro atoms. The normalized spacial score (nSPS) is 15.6. The summed E-state index contributed by atoms with van der Waals surface area (Å²) in [5, 5.41) is 0. The van der Waals surface area contributed by atoms with Gasteiger partial charge in [-0.15, -0.1) is 0 Å². The van der Waals surface area contributed by atoms with Crippen molar-refractivity contribution in [3.63, 3.8) is 0 Å². The third-order valence-corrected chi connectivity index (χ3v) is 4.74. The van der Waals surface area contributed by atoms with Gasteiger partial charge in [0, 0.05) is 5.56 Å². The number of thiocarbonyl (C=S) groups is 1. The average molecular weight is 388 g/mol. The molecule has 26 heavy (non-hydrogen) atoms. The average Bonchev–Trinajstić information content (AvgIpc) is 2.87. The Kier molecular flexibility index (Phi) is 5.34. The third kappa shape index (κ3) is 3.92. The summed E-state index contributed by atoms with van der Waals surface area (Å²) in [6.07, 6.45) is 1.62. The number of amides is 2. The molecule has 0 atom stereocenters. The number of primary amides is 1. The van der Waals surface area contributed by atoms with Crippen molar-refractivity contribution < 1.29 is 18.7 Å². The van der Waals surface area contributed by atoms with Crippen LogP contribution in [0.5, 0.6) is 5.75 Å². The van der Waals surface area contributed by atoms with Gasteiger partial charge in [0.15, 0.2) is 10.9 Å². The molecule has 2 N–H and O–H groups in total. The van der Waals surface area contributed by atoms with Gasteiger partial charge in [-0.25, -0.2) is 4.39 Å². The van der Waals surface area contributed by atoms with Gasteiger partial charge < -0.3 is 10.5 Å². The van der Waals surface area contributed by atoms with Gasteiger partial charge in [-0.05, 0) is 30.3 Å². The topological polar surface area (TPSA) is 72.6 Å². The van der Waals surface area contributed by atoms with Crippen LogP contribution in [0.25, 0.3) is 6.08 Å². The fourth-order valence-electron chi connectivity index (χ4n) is 2.33. The van der Waals surface area contributed by atoms with Crippen molar-refractivity contribution in [3.05, 3.63) is 64.8 Å². The van der Waals surface area contributed by atoms with E-state index in [0.717, 1.165) is 11.8 Å². The molecule has 2 amide bonds. The Labute approximate surface area is 158 Å². The van der Waals surface area contributed by atoms with E-state index in [1.165, 1.54) is 23.1 Å². The van der Waals surface area contributed by atoms with Crippen LogP contribution in [0.15, 0.2) is 53.4 Å². The first-order valence-electron chi connectivity index (χ1n) is 7.49. The van der Waals surface area contributed by atoms with Crippen molar-refractivity contribution in [3.8, 4) is 5.75 Å². The van der Waals surface area contributed by atoms with E-state index in [1.807, 2.05) is 0 Å². The van der Waals surface area contributed by atoms with Crippen LogP contribution in [0.4, 0.5) is 10.1 Å². The van der Waals surface area contributed by atoms with Gasteiger partial charge in [-0.2, -0.15) is 0 Å². The fraction of sp³-hybridized carbons (Fsp3) is 0.0556. The molecule has 0 aromatic heterocycles. The number of nitrogens with zero attached hydrogens (tertiary/aromatic N) is 1. The zero-order valence-electron chi connectivity index (χ0n) is 13.3. The molecule has 0 radical (unpaired) electrons. The van der Waals surface area contributed by atoms with Crippen LogP contribution in [-0.2, 0) is 9.59 Å². The molecule has 0 bridgehead atoms.